The molecule has 142 valence electrons. The van der Waals surface area contributed by atoms with Gasteiger partial charge in [0.2, 0.25) is 0 Å². The Balaban J connectivity index is 1.93. The SMILES string of the molecule is C#CCOc1c(/C=C2\SC(=O)N(Cc3ccccc3)C2=O)cc(Br)cc1OC. The second-order valence-electron chi connectivity index (χ2n) is 5.77. The fourth-order valence-electron chi connectivity index (χ4n) is 2.66. The van der Waals surface area contributed by atoms with Crippen molar-refractivity contribution in [3.8, 4) is 23.8 Å². The van der Waals surface area contributed by atoms with Crippen LogP contribution in [0, 0.1) is 12.3 Å². The number of methoxy groups -OCH3 is 1. The van der Waals surface area contributed by atoms with Gasteiger partial charge in [-0.05, 0) is 35.5 Å². The molecule has 2 amide bonds. The van der Waals surface area contributed by atoms with Gasteiger partial charge in [0.25, 0.3) is 11.1 Å². The van der Waals surface area contributed by atoms with Gasteiger partial charge in [0.05, 0.1) is 18.6 Å². The molecule has 1 aliphatic heterocycles. The molecular formula is C21H16BrNO4S. The van der Waals surface area contributed by atoms with Crippen LogP contribution < -0.4 is 9.47 Å². The lowest BCUT2D eigenvalue weighted by Crippen LogP contribution is -2.27. The average Bonchev–Trinajstić information content (AvgIpc) is 2.95. The Labute approximate surface area is 175 Å². The minimum atomic E-state index is -0.347. The van der Waals surface area contributed by atoms with Crippen molar-refractivity contribution in [1.82, 2.24) is 4.90 Å². The van der Waals surface area contributed by atoms with E-state index in [1.807, 2.05) is 30.3 Å². The normalized spacial score (nSPS) is 15.0. The van der Waals surface area contributed by atoms with Gasteiger partial charge in [-0.2, -0.15) is 0 Å². The van der Waals surface area contributed by atoms with Crippen molar-refractivity contribution in [2.75, 3.05) is 13.7 Å². The number of imide groups is 1. The van der Waals surface area contributed by atoms with Crippen LogP contribution in [0.25, 0.3) is 6.08 Å². The molecule has 1 heterocycles. The molecular weight excluding hydrogens is 442 g/mol. The maximum absolute atomic E-state index is 12.8. The smallest absolute Gasteiger partial charge is 0.293 e. The van der Waals surface area contributed by atoms with Gasteiger partial charge in [0.1, 0.15) is 6.61 Å². The van der Waals surface area contributed by atoms with Crippen LogP contribution in [0.5, 0.6) is 11.5 Å². The summed E-state index contributed by atoms with van der Waals surface area (Å²) in [4.78, 5) is 26.7. The van der Waals surface area contributed by atoms with Crippen LogP contribution >= 0.6 is 27.7 Å². The number of rotatable bonds is 6. The summed E-state index contributed by atoms with van der Waals surface area (Å²) in [6, 6.07) is 12.9. The fourth-order valence-corrected chi connectivity index (χ4v) is 3.94. The van der Waals surface area contributed by atoms with Gasteiger partial charge in [0, 0.05) is 10.0 Å². The molecule has 2 aromatic rings. The molecule has 0 N–H and O–H groups in total. The molecule has 0 radical (unpaired) electrons. The van der Waals surface area contributed by atoms with Crippen LogP contribution in [-0.4, -0.2) is 29.8 Å². The number of terminal acetylenes is 1. The summed E-state index contributed by atoms with van der Waals surface area (Å²) in [5.74, 6) is 2.95. The van der Waals surface area contributed by atoms with Gasteiger partial charge in [-0.15, -0.1) is 6.42 Å². The number of halogens is 1. The molecule has 3 rings (SSSR count). The summed E-state index contributed by atoms with van der Waals surface area (Å²) in [7, 11) is 1.52. The van der Waals surface area contributed by atoms with Crippen LogP contribution in [0.3, 0.4) is 0 Å². The first-order chi connectivity index (χ1) is 13.5. The van der Waals surface area contributed by atoms with E-state index in [0.29, 0.717) is 22.0 Å². The van der Waals surface area contributed by atoms with Gasteiger partial charge in [-0.25, -0.2) is 0 Å². The van der Waals surface area contributed by atoms with Crippen molar-refractivity contribution >= 4 is 44.9 Å². The number of thioether (sulfide) groups is 1. The van der Waals surface area contributed by atoms with E-state index in [4.69, 9.17) is 15.9 Å². The third kappa shape index (κ3) is 4.41. The summed E-state index contributed by atoms with van der Waals surface area (Å²) in [5, 5.41) is -0.312. The van der Waals surface area contributed by atoms with E-state index < -0.39 is 0 Å². The molecule has 0 aromatic heterocycles. The second kappa shape index (κ2) is 9.00. The number of hydrogen-bond acceptors (Lipinski definition) is 5. The van der Waals surface area contributed by atoms with Gasteiger partial charge in [-0.3, -0.25) is 14.5 Å². The highest BCUT2D eigenvalue weighted by Crippen LogP contribution is 2.39. The number of amides is 2. The zero-order chi connectivity index (χ0) is 20.1. The zero-order valence-corrected chi connectivity index (χ0v) is 17.4. The quantitative estimate of drug-likeness (QED) is 0.464. The molecule has 1 fully saturated rings. The van der Waals surface area contributed by atoms with Crippen LogP contribution in [-0.2, 0) is 11.3 Å². The van der Waals surface area contributed by atoms with Crippen LogP contribution in [0.4, 0.5) is 4.79 Å². The molecule has 5 nitrogen and oxygen atoms in total. The van der Waals surface area contributed by atoms with Crippen LogP contribution in [0.15, 0.2) is 51.8 Å². The highest BCUT2D eigenvalue weighted by atomic mass is 79.9. The maximum Gasteiger partial charge on any atom is 0.293 e. The van der Waals surface area contributed by atoms with Gasteiger partial charge < -0.3 is 9.47 Å². The zero-order valence-electron chi connectivity index (χ0n) is 15.0. The monoisotopic (exact) mass is 457 g/mol. The van der Waals surface area contributed by atoms with Crippen molar-refractivity contribution in [2.45, 2.75) is 6.54 Å². The Bertz CT molecular complexity index is 982. The highest BCUT2D eigenvalue weighted by Gasteiger charge is 2.35. The van der Waals surface area contributed by atoms with E-state index in [0.717, 1.165) is 21.8 Å². The van der Waals surface area contributed by atoms with Crippen molar-refractivity contribution < 1.29 is 19.1 Å². The predicted octanol–water partition coefficient (Wildman–Crippen LogP) is 4.71. The van der Waals surface area contributed by atoms with Gasteiger partial charge in [-0.1, -0.05) is 52.2 Å². The number of ether oxygens (including phenoxy) is 2. The molecule has 0 aliphatic carbocycles. The maximum atomic E-state index is 12.8. The van der Waals surface area contributed by atoms with E-state index in [-0.39, 0.29) is 24.3 Å². The van der Waals surface area contributed by atoms with Crippen LogP contribution in [0.1, 0.15) is 11.1 Å². The van der Waals surface area contributed by atoms with E-state index in [1.165, 1.54) is 12.0 Å². The molecule has 0 spiro atoms. The molecule has 1 saturated heterocycles. The van der Waals surface area contributed by atoms with Gasteiger partial charge in [0.15, 0.2) is 11.5 Å². The molecule has 1 aliphatic rings. The minimum Gasteiger partial charge on any atom is -0.493 e. The Hall–Kier alpha value is -2.69. The topological polar surface area (TPSA) is 55.8 Å². The van der Waals surface area contributed by atoms with E-state index in [9.17, 15) is 9.59 Å². The summed E-state index contributed by atoms with van der Waals surface area (Å²) in [6.07, 6.45) is 6.91. The predicted molar refractivity (Wildman–Crippen MR) is 113 cm³/mol. The fraction of sp³-hybridized carbons (Fsp3) is 0.143. The Morgan fingerprint density at radius 2 is 2.00 bits per heavy atom. The third-order valence-electron chi connectivity index (χ3n) is 3.91. The Morgan fingerprint density at radius 3 is 2.68 bits per heavy atom. The number of nitrogens with zero attached hydrogens (tertiary/aromatic N) is 1. The van der Waals surface area contributed by atoms with Crippen molar-refractivity contribution in [2.24, 2.45) is 0 Å². The number of carbonyl (C=O) groups excluding carboxylic acids is 2. The molecule has 2 aromatic carbocycles. The summed E-state index contributed by atoms with van der Waals surface area (Å²) in [5.41, 5.74) is 1.47. The number of benzene rings is 2. The third-order valence-corrected chi connectivity index (χ3v) is 5.28. The van der Waals surface area contributed by atoms with E-state index in [1.54, 1.807) is 18.2 Å². The van der Waals surface area contributed by atoms with E-state index >= 15 is 0 Å². The van der Waals surface area contributed by atoms with Crippen LogP contribution in [0.2, 0.25) is 0 Å². The van der Waals surface area contributed by atoms with E-state index in [2.05, 4.69) is 21.9 Å². The lowest BCUT2D eigenvalue weighted by Gasteiger charge is -2.13. The van der Waals surface area contributed by atoms with Crippen molar-refractivity contribution in [3.63, 3.8) is 0 Å². The second-order valence-corrected chi connectivity index (χ2v) is 7.68. The first kappa shape index (κ1) is 20.1. The molecule has 0 unspecified atom stereocenters. The first-order valence-corrected chi connectivity index (χ1v) is 9.87. The standard InChI is InChI=1S/C21H16BrNO4S/c1-3-9-27-19-15(10-16(22)12-17(19)26-2)11-18-20(24)23(21(25)28-18)13-14-7-5-4-6-8-14/h1,4-8,10-12H,9,13H2,2H3/b18-11-. The molecule has 0 atom stereocenters. The largest absolute Gasteiger partial charge is 0.493 e. The molecule has 0 saturated carbocycles. The average molecular weight is 458 g/mol. The van der Waals surface area contributed by atoms with Crippen molar-refractivity contribution in [1.29, 1.82) is 0 Å². The molecule has 28 heavy (non-hydrogen) atoms. The molecule has 0 bridgehead atoms. The summed E-state index contributed by atoms with van der Waals surface area (Å²) in [6.45, 7) is 0.277. The lowest BCUT2D eigenvalue weighted by atomic mass is 10.1. The van der Waals surface area contributed by atoms with Gasteiger partial charge >= 0.3 is 0 Å². The summed E-state index contributed by atoms with van der Waals surface area (Å²) < 4.78 is 11.7. The first-order valence-electron chi connectivity index (χ1n) is 8.26. The Morgan fingerprint density at radius 1 is 1.25 bits per heavy atom. The molecule has 7 heteroatoms. The number of hydrogen-bond donors (Lipinski definition) is 0. The summed E-state index contributed by atoms with van der Waals surface area (Å²) >= 11 is 4.31. The highest BCUT2D eigenvalue weighted by molar-refractivity contribution is 9.10. The minimum absolute atomic E-state index is 0.0499. The lowest BCUT2D eigenvalue weighted by molar-refractivity contribution is -0.123. The van der Waals surface area contributed by atoms with Crippen molar-refractivity contribution in [3.05, 3.63) is 63.0 Å². The number of carbonyl (C=O) groups is 2. The Kier molecular flexibility index (Phi) is 6.45.